The molecule has 0 heterocycles. The van der Waals surface area contributed by atoms with Gasteiger partial charge in [-0.3, -0.25) is 11.3 Å². The number of hydrogen-bond acceptors (Lipinski definition) is 3. The van der Waals surface area contributed by atoms with Gasteiger partial charge in [0.2, 0.25) is 0 Å². The largest absolute Gasteiger partial charge is 0.271 e. The molecule has 0 amide bonds. The fourth-order valence-corrected chi connectivity index (χ4v) is 2.29. The van der Waals surface area contributed by atoms with E-state index in [4.69, 9.17) is 5.84 Å². The van der Waals surface area contributed by atoms with E-state index in [0.29, 0.717) is 6.04 Å². The maximum absolute atomic E-state index is 5.49. The van der Waals surface area contributed by atoms with Crippen molar-refractivity contribution >= 4 is 11.8 Å². The van der Waals surface area contributed by atoms with Gasteiger partial charge >= 0.3 is 0 Å². The smallest absolute Gasteiger partial charge is 0.0303 e. The number of hydrazine groups is 1. The average molecular weight is 204 g/mol. The Morgan fingerprint density at radius 1 is 1.38 bits per heavy atom. The van der Waals surface area contributed by atoms with Crippen LogP contribution in [0.4, 0.5) is 0 Å². The van der Waals surface area contributed by atoms with Gasteiger partial charge in [0.25, 0.3) is 0 Å². The topological polar surface area (TPSA) is 38.0 Å². The standard InChI is InChI=1S/C10H24N2S/c1-4-6-9(3)7-10(12-11)8-13-5-2/h9-10,12H,4-8,11H2,1-3H3. The van der Waals surface area contributed by atoms with Gasteiger partial charge < -0.3 is 0 Å². The first-order valence-electron chi connectivity index (χ1n) is 5.28. The molecule has 0 aromatic carbocycles. The summed E-state index contributed by atoms with van der Waals surface area (Å²) in [5, 5.41) is 0. The fourth-order valence-electron chi connectivity index (χ4n) is 1.54. The molecule has 0 saturated carbocycles. The van der Waals surface area contributed by atoms with Gasteiger partial charge in [-0.25, -0.2) is 0 Å². The molecule has 0 aromatic rings. The number of thioether (sulfide) groups is 1. The van der Waals surface area contributed by atoms with Crippen LogP contribution in [0.2, 0.25) is 0 Å². The van der Waals surface area contributed by atoms with E-state index in [1.165, 1.54) is 25.0 Å². The predicted molar refractivity (Wildman–Crippen MR) is 62.8 cm³/mol. The van der Waals surface area contributed by atoms with E-state index in [0.717, 1.165) is 11.7 Å². The number of rotatable bonds is 8. The first-order valence-corrected chi connectivity index (χ1v) is 6.43. The summed E-state index contributed by atoms with van der Waals surface area (Å²) in [6.07, 6.45) is 3.80. The Kier molecular flexibility index (Phi) is 9.03. The van der Waals surface area contributed by atoms with Crippen molar-refractivity contribution in [1.82, 2.24) is 5.43 Å². The van der Waals surface area contributed by atoms with Gasteiger partial charge in [-0.1, -0.05) is 33.6 Å². The Labute approximate surface area is 87.0 Å². The normalized spacial score (nSPS) is 15.7. The molecule has 2 unspecified atom stereocenters. The molecule has 0 aliphatic rings. The van der Waals surface area contributed by atoms with Crippen molar-refractivity contribution in [3.63, 3.8) is 0 Å². The van der Waals surface area contributed by atoms with Crippen molar-refractivity contribution in [1.29, 1.82) is 0 Å². The van der Waals surface area contributed by atoms with Crippen molar-refractivity contribution in [2.45, 2.75) is 46.1 Å². The summed E-state index contributed by atoms with van der Waals surface area (Å²) >= 11 is 1.96. The summed E-state index contributed by atoms with van der Waals surface area (Å²) < 4.78 is 0. The Bertz CT molecular complexity index is 109. The molecule has 0 aromatic heterocycles. The summed E-state index contributed by atoms with van der Waals surface area (Å²) in [6.45, 7) is 6.74. The van der Waals surface area contributed by atoms with Crippen molar-refractivity contribution < 1.29 is 0 Å². The molecule has 3 heteroatoms. The Balaban J connectivity index is 3.56. The molecule has 2 nitrogen and oxygen atoms in total. The maximum atomic E-state index is 5.49. The van der Waals surface area contributed by atoms with Crippen LogP contribution in [0, 0.1) is 5.92 Å². The van der Waals surface area contributed by atoms with Crippen molar-refractivity contribution in [2.24, 2.45) is 11.8 Å². The van der Waals surface area contributed by atoms with Crippen molar-refractivity contribution in [3.8, 4) is 0 Å². The summed E-state index contributed by atoms with van der Waals surface area (Å²) in [5.74, 6) is 8.61. The summed E-state index contributed by atoms with van der Waals surface area (Å²) in [7, 11) is 0. The van der Waals surface area contributed by atoms with Crippen LogP contribution in [0.1, 0.15) is 40.0 Å². The summed E-state index contributed by atoms with van der Waals surface area (Å²) in [6, 6.07) is 0.492. The molecular formula is C10H24N2S. The molecule has 0 spiro atoms. The molecule has 0 saturated heterocycles. The van der Waals surface area contributed by atoms with Gasteiger partial charge in [-0.15, -0.1) is 0 Å². The van der Waals surface area contributed by atoms with Crippen LogP contribution in [0.3, 0.4) is 0 Å². The zero-order valence-electron chi connectivity index (χ0n) is 9.18. The quantitative estimate of drug-likeness (QED) is 0.471. The lowest BCUT2D eigenvalue weighted by Gasteiger charge is -2.19. The zero-order chi connectivity index (χ0) is 10.1. The SMILES string of the molecule is CCCC(C)CC(CSCC)NN. The lowest BCUT2D eigenvalue weighted by atomic mass is 9.98. The lowest BCUT2D eigenvalue weighted by molar-refractivity contribution is 0.408. The van der Waals surface area contributed by atoms with E-state index < -0.39 is 0 Å². The third-order valence-corrected chi connectivity index (χ3v) is 3.27. The molecule has 2 atom stereocenters. The second kappa shape index (κ2) is 8.85. The minimum absolute atomic E-state index is 0.492. The molecule has 80 valence electrons. The predicted octanol–water partition coefficient (Wildman–Crippen LogP) is 2.40. The highest BCUT2D eigenvalue weighted by molar-refractivity contribution is 7.99. The molecule has 0 bridgehead atoms. The van der Waals surface area contributed by atoms with Gasteiger partial charge in [-0.2, -0.15) is 11.8 Å². The van der Waals surface area contributed by atoms with Gasteiger partial charge in [0, 0.05) is 11.8 Å². The van der Waals surface area contributed by atoms with Gasteiger partial charge in [-0.05, 0) is 18.1 Å². The van der Waals surface area contributed by atoms with Gasteiger partial charge in [0.15, 0.2) is 0 Å². The van der Waals surface area contributed by atoms with Gasteiger partial charge in [0.05, 0.1) is 0 Å². The van der Waals surface area contributed by atoms with Crippen LogP contribution >= 0.6 is 11.8 Å². The molecule has 3 N–H and O–H groups in total. The molecular weight excluding hydrogens is 180 g/mol. The second-order valence-corrected chi connectivity index (χ2v) is 4.97. The second-order valence-electron chi connectivity index (χ2n) is 3.65. The minimum atomic E-state index is 0.492. The first-order chi connectivity index (χ1) is 6.24. The van der Waals surface area contributed by atoms with Crippen LogP contribution in [0.5, 0.6) is 0 Å². The van der Waals surface area contributed by atoms with Crippen molar-refractivity contribution in [3.05, 3.63) is 0 Å². The van der Waals surface area contributed by atoms with E-state index >= 15 is 0 Å². The number of nitrogens with one attached hydrogen (secondary N) is 1. The lowest BCUT2D eigenvalue weighted by Crippen LogP contribution is -2.38. The fraction of sp³-hybridized carbons (Fsp3) is 1.00. The van der Waals surface area contributed by atoms with E-state index in [9.17, 15) is 0 Å². The van der Waals surface area contributed by atoms with Gasteiger partial charge in [0.1, 0.15) is 0 Å². The Morgan fingerprint density at radius 3 is 2.54 bits per heavy atom. The van der Waals surface area contributed by atoms with Crippen LogP contribution in [-0.2, 0) is 0 Å². The van der Waals surface area contributed by atoms with E-state index in [1.807, 2.05) is 11.8 Å². The third-order valence-electron chi connectivity index (χ3n) is 2.23. The average Bonchev–Trinajstić information content (AvgIpc) is 2.12. The molecule has 0 fully saturated rings. The van der Waals surface area contributed by atoms with Crippen LogP contribution in [0.15, 0.2) is 0 Å². The summed E-state index contributed by atoms with van der Waals surface area (Å²) in [4.78, 5) is 0. The monoisotopic (exact) mass is 204 g/mol. The van der Waals surface area contributed by atoms with Crippen LogP contribution in [-0.4, -0.2) is 17.5 Å². The molecule has 0 radical (unpaired) electrons. The Hall–Kier alpha value is 0.270. The molecule has 0 aliphatic carbocycles. The third kappa shape index (κ3) is 7.35. The molecule has 0 aliphatic heterocycles. The highest BCUT2D eigenvalue weighted by atomic mass is 32.2. The van der Waals surface area contributed by atoms with E-state index in [-0.39, 0.29) is 0 Å². The zero-order valence-corrected chi connectivity index (χ0v) is 9.99. The number of nitrogens with two attached hydrogens (primary N) is 1. The number of hydrogen-bond donors (Lipinski definition) is 2. The maximum Gasteiger partial charge on any atom is 0.0303 e. The minimum Gasteiger partial charge on any atom is -0.271 e. The van der Waals surface area contributed by atoms with Crippen LogP contribution < -0.4 is 11.3 Å². The summed E-state index contributed by atoms with van der Waals surface area (Å²) in [5.41, 5.74) is 2.91. The van der Waals surface area contributed by atoms with E-state index in [1.54, 1.807) is 0 Å². The molecule has 0 rings (SSSR count). The highest BCUT2D eigenvalue weighted by Gasteiger charge is 2.10. The molecule has 13 heavy (non-hydrogen) atoms. The van der Waals surface area contributed by atoms with Crippen molar-refractivity contribution in [2.75, 3.05) is 11.5 Å². The highest BCUT2D eigenvalue weighted by Crippen LogP contribution is 2.14. The van der Waals surface area contributed by atoms with E-state index in [2.05, 4.69) is 26.2 Å². The Morgan fingerprint density at radius 2 is 2.08 bits per heavy atom. The van der Waals surface area contributed by atoms with Crippen LogP contribution in [0.25, 0.3) is 0 Å². The first kappa shape index (κ1) is 13.3.